The van der Waals surface area contributed by atoms with Crippen LogP contribution in [0.2, 0.25) is 0 Å². The van der Waals surface area contributed by atoms with Gasteiger partial charge >= 0.3 is 0 Å². The molecule has 1 aromatic carbocycles. The molecule has 2 N–H and O–H groups in total. The average Bonchev–Trinajstić information content (AvgIpc) is 2.89. The van der Waals surface area contributed by atoms with E-state index >= 15 is 0 Å². The van der Waals surface area contributed by atoms with Gasteiger partial charge in [0.2, 0.25) is 0 Å². The Balaban J connectivity index is 1.87. The fourth-order valence-corrected chi connectivity index (χ4v) is 2.53. The maximum atomic E-state index is 5.87. The van der Waals surface area contributed by atoms with E-state index in [-0.39, 0.29) is 6.10 Å². The summed E-state index contributed by atoms with van der Waals surface area (Å²) in [4.78, 5) is 1.36. The highest BCUT2D eigenvalue weighted by Gasteiger charge is 2.09. The third-order valence-corrected chi connectivity index (χ3v) is 3.85. The molecular weight excluding hydrogens is 242 g/mol. The summed E-state index contributed by atoms with van der Waals surface area (Å²) in [6, 6.07) is 12.6. The molecule has 0 amide bonds. The molecule has 0 saturated carbocycles. The predicted octanol–water partition coefficient (Wildman–Crippen LogP) is 3.32. The second-order valence-corrected chi connectivity index (χ2v) is 5.37. The SMILES string of the molecule is Cc1ccc(C(CN)OCCc2cccs2)cc1. The van der Waals surface area contributed by atoms with Gasteiger partial charge in [0, 0.05) is 17.8 Å². The zero-order valence-corrected chi connectivity index (χ0v) is 11.5. The van der Waals surface area contributed by atoms with Gasteiger partial charge in [-0.25, -0.2) is 0 Å². The standard InChI is InChI=1S/C15H19NOS/c1-12-4-6-13(7-5-12)15(11-16)17-9-8-14-3-2-10-18-14/h2-7,10,15H,8-9,11,16H2,1H3. The van der Waals surface area contributed by atoms with Crippen molar-refractivity contribution in [1.29, 1.82) is 0 Å². The highest BCUT2D eigenvalue weighted by Crippen LogP contribution is 2.18. The van der Waals surface area contributed by atoms with E-state index in [9.17, 15) is 0 Å². The molecule has 1 atom stereocenters. The molecule has 0 spiro atoms. The topological polar surface area (TPSA) is 35.2 Å². The van der Waals surface area contributed by atoms with Crippen LogP contribution in [-0.2, 0) is 11.2 Å². The Kier molecular flexibility index (Phi) is 4.93. The number of ether oxygens (including phenoxy) is 1. The summed E-state index contributed by atoms with van der Waals surface area (Å²) in [5, 5.41) is 2.09. The number of aryl methyl sites for hydroxylation is 1. The molecule has 0 aliphatic heterocycles. The van der Waals surface area contributed by atoms with Crippen molar-refractivity contribution in [3.8, 4) is 0 Å². The van der Waals surface area contributed by atoms with E-state index < -0.39 is 0 Å². The minimum atomic E-state index is 0.00515. The molecule has 1 aromatic heterocycles. The van der Waals surface area contributed by atoms with E-state index in [0.717, 1.165) is 18.6 Å². The van der Waals surface area contributed by atoms with E-state index in [1.165, 1.54) is 10.4 Å². The van der Waals surface area contributed by atoms with Crippen molar-refractivity contribution in [2.45, 2.75) is 19.4 Å². The van der Waals surface area contributed by atoms with Gasteiger partial charge in [0.25, 0.3) is 0 Å². The van der Waals surface area contributed by atoms with Gasteiger partial charge in [-0.3, -0.25) is 0 Å². The lowest BCUT2D eigenvalue weighted by Crippen LogP contribution is -2.17. The van der Waals surface area contributed by atoms with Crippen molar-refractivity contribution >= 4 is 11.3 Å². The molecule has 1 unspecified atom stereocenters. The first-order chi connectivity index (χ1) is 8.79. The minimum Gasteiger partial charge on any atom is -0.372 e. The third-order valence-electron chi connectivity index (χ3n) is 2.91. The molecule has 96 valence electrons. The fraction of sp³-hybridized carbons (Fsp3) is 0.333. The Bertz CT molecular complexity index is 450. The summed E-state index contributed by atoms with van der Waals surface area (Å²) in [6.07, 6.45) is 0.964. The van der Waals surface area contributed by atoms with Crippen LogP contribution in [-0.4, -0.2) is 13.2 Å². The number of benzene rings is 1. The van der Waals surface area contributed by atoms with Crippen LogP contribution in [0.3, 0.4) is 0 Å². The fourth-order valence-electron chi connectivity index (χ4n) is 1.84. The van der Waals surface area contributed by atoms with Crippen molar-refractivity contribution in [1.82, 2.24) is 0 Å². The summed E-state index contributed by atoms with van der Waals surface area (Å²) < 4.78 is 5.87. The molecule has 2 aromatic rings. The van der Waals surface area contributed by atoms with Gasteiger partial charge in [0.05, 0.1) is 12.7 Å². The molecule has 2 rings (SSSR count). The van der Waals surface area contributed by atoms with Crippen LogP contribution in [0.1, 0.15) is 22.1 Å². The van der Waals surface area contributed by atoms with Crippen molar-refractivity contribution in [3.05, 3.63) is 57.8 Å². The number of rotatable bonds is 6. The van der Waals surface area contributed by atoms with E-state index in [2.05, 4.69) is 48.7 Å². The Morgan fingerprint density at radius 1 is 1.22 bits per heavy atom. The zero-order valence-electron chi connectivity index (χ0n) is 10.6. The largest absolute Gasteiger partial charge is 0.372 e. The lowest BCUT2D eigenvalue weighted by Gasteiger charge is -2.16. The first-order valence-corrected chi connectivity index (χ1v) is 7.08. The van der Waals surface area contributed by atoms with E-state index in [4.69, 9.17) is 10.5 Å². The van der Waals surface area contributed by atoms with Crippen LogP contribution in [0.4, 0.5) is 0 Å². The van der Waals surface area contributed by atoms with Crippen molar-refractivity contribution in [3.63, 3.8) is 0 Å². The summed E-state index contributed by atoms with van der Waals surface area (Å²) >= 11 is 1.77. The van der Waals surface area contributed by atoms with Gasteiger partial charge < -0.3 is 10.5 Å². The molecule has 0 radical (unpaired) electrons. The molecule has 18 heavy (non-hydrogen) atoms. The van der Waals surface area contributed by atoms with E-state index in [1.54, 1.807) is 11.3 Å². The second-order valence-electron chi connectivity index (χ2n) is 4.34. The quantitative estimate of drug-likeness (QED) is 0.865. The third kappa shape index (κ3) is 3.67. The molecular formula is C15H19NOS. The second kappa shape index (κ2) is 6.69. The molecule has 2 nitrogen and oxygen atoms in total. The van der Waals surface area contributed by atoms with Crippen LogP contribution in [0, 0.1) is 6.92 Å². The van der Waals surface area contributed by atoms with Crippen LogP contribution < -0.4 is 5.73 Å². The maximum absolute atomic E-state index is 5.87. The average molecular weight is 261 g/mol. The van der Waals surface area contributed by atoms with Crippen molar-refractivity contribution in [2.24, 2.45) is 5.73 Å². The number of hydrogen-bond donors (Lipinski definition) is 1. The van der Waals surface area contributed by atoms with Gasteiger partial charge in [-0.2, -0.15) is 0 Å². The van der Waals surface area contributed by atoms with Crippen molar-refractivity contribution in [2.75, 3.05) is 13.2 Å². The Morgan fingerprint density at radius 3 is 2.61 bits per heavy atom. The summed E-state index contributed by atoms with van der Waals surface area (Å²) in [7, 11) is 0. The summed E-state index contributed by atoms with van der Waals surface area (Å²) in [5.74, 6) is 0. The van der Waals surface area contributed by atoms with E-state index in [1.807, 2.05) is 0 Å². The van der Waals surface area contributed by atoms with Crippen LogP contribution in [0.25, 0.3) is 0 Å². The molecule has 0 aliphatic carbocycles. The lowest BCUT2D eigenvalue weighted by molar-refractivity contribution is 0.0612. The van der Waals surface area contributed by atoms with Gasteiger partial charge in [0.1, 0.15) is 0 Å². The molecule has 1 heterocycles. The van der Waals surface area contributed by atoms with Gasteiger partial charge in [-0.05, 0) is 23.9 Å². The Hall–Kier alpha value is -1.16. The van der Waals surface area contributed by atoms with E-state index in [0.29, 0.717) is 6.54 Å². The zero-order chi connectivity index (χ0) is 12.8. The Labute approximate surface area is 112 Å². The first kappa shape index (κ1) is 13.3. The first-order valence-electron chi connectivity index (χ1n) is 6.20. The summed E-state index contributed by atoms with van der Waals surface area (Å²) in [6.45, 7) is 3.32. The van der Waals surface area contributed by atoms with Crippen molar-refractivity contribution < 1.29 is 4.74 Å². The maximum Gasteiger partial charge on any atom is 0.0947 e. The summed E-state index contributed by atoms with van der Waals surface area (Å²) in [5.41, 5.74) is 8.20. The van der Waals surface area contributed by atoms with Crippen LogP contribution >= 0.6 is 11.3 Å². The molecule has 3 heteroatoms. The molecule has 0 saturated heterocycles. The number of thiophene rings is 1. The molecule has 0 aliphatic rings. The van der Waals surface area contributed by atoms with Gasteiger partial charge in [0.15, 0.2) is 0 Å². The molecule has 0 bridgehead atoms. The number of hydrogen-bond acceptors (Lipinski definition) is 3. The smallest absolute Gasteiger partial charge is 0.0947 e. The lowest BCUT2D eigenvalue weighted by atomic mass is 10.1. The predicted molar refractivity (Wildman–Crippen MR) is 76.9 cm³/mol. The number of nitrogens with two attached hydrogens (primary N) is 1. The minimum absolute atomic E-state index is 0.00515. The monoisotopic (exact) mass is 261 g/mol. The van der Waals surface area contributed by atoms with Crippen LogP contribution in [0.15, 0.2) is 41.8 Å². The Morgan fingerprint density at radius 2 is 2.00 bits per heavy atom. The van der Waals surface area contributed by atoms with Crippen LogP contribution in [0.5, 0.6) is 0 Å². The highest BCUT2D eigenvalue weighted by molar-refractivity contribution is 7.09. The molecule has 0 fully saturated rings. The normalized spacial score (nSPS) is 12.6. The highest BCUT2D eigenvalue weighted by atomic mass is 32.1. The van der Waals surface area contributed by atoms with Gasteiger partial charge in [-0.15, -0.1) is 11.3 Å². The van der Waals surface area contributed by atoms with Gasteiger partial charge in [-0.1, -0.05) is 35.9 Å².